The van der Waals surface area contributed by atoms with E-state index in [1.807, 2.05) is 92.7 Å². The van der Waals surface area contributed by atoms with Gasteiger partial charge in [-0.1, -0.05) is 49.4 Å². The molecule has 0 aromatic heterocycles. The smallest absolute Gasteiger partial charge is 0.262 e. The highest BCUT2D eigenvalue weighted by Crippen LogP contribution is 2.18. The molecule has 1 atom stereocenters. The number of rotatable bonds is 11. The lowest BCUT2D eigenvalue weighted by molar-refractivity contribution is -0.121. The van der Waals surface area contributed by atoms with Crippen LogP contribution in [0.25, 0.3) is 0 Å². The Morgan fingerprint density at radius 3 is 2.38 bits per heavy atom. The van der Waals surface area contributed by atoms with E-state index in [9.17, 15) is 4.79 Å². The van der Waals surface area contributed by atoms with Gasteiger partial charge < -0.3 is 14.8 Å². The number of hydrogen-bond acceptors (Lipinski definition) is 5. The number of nitrogens with one attached hydrogen (secondary N) is 2. The van der Waals surface area contributed by atoms with Gasteiger partial charge in [0.1, 0.15) is 24.1 Å². The summed E-state index contributed by atoms with van der Waals surface area (Å²) in [6.07, 6.45) is 2.22. The number of carbonyl (C=O) groups excluding carboxylic acids is 1. The first-order valence-corrected chi connectivity index (χ1v) is 10.8. The molecule has 0 spiro atoms. The van der Waals surface area contributed by atoms with Gasteiger partial charge in [0.2, 0.25) is 0 Å². The van der Waals surface area contributed by atoms with Gasteiger partial charge in [0.15, 0.2) is 0 Å². The predicted octanol–water partition coefficient (Wildman–Crippen LogP) is 5.01. The van der Waals surface area contributed by atoms with Crippen LogP contribution in [0.15, 0.2) is 84.0 Å². The lowest BCUT2D eigenvalue weighted by Gasteiger charge is -2.16. The number of nitrogens with zero attached hydrogens (tertiary/aromatic N) is 1. The number of benzene rings is 3. The summed E-state index contributed by atoms with van der Waals surface area (Å²) in [6, 6.07) is 24.7. The fourth-order valence-electron chi connectivity index (χ4n) is 3.07. The Bertz CT molecular complexity index is 1000. The quantitative estimate of drug-likeness (QED) is 0.331. The van der Waals surface area contributed by atoms with Crippen molar-refractivity contribution in [1.82, 2.24) is 5.43 Å². The molecular weight excluding hydrogens is 402 g/mol. The summed E-state index contributed by atoms with van der Waals surface area (Å²) in [6.45, 7) is 4.97. The van der Waals surface area contributed by atoms with Crippen LogP contribution in [0.4, 0.5) is 5.69 Å². The molecule has 0 heterocycles. The number of ether oxygens (including phenoxy) is 2. The fraction of sp³-hybridized carbons (Fsp3) is 0.231. The Morgan fingerprint density at radius 2 is 1.66 bits per heavy atom. The molecule has 0 aliphatic rings. The van der Waals surface area contributed by atoms with E-state index in [4.69, 9.17) is 9.47 Å². The molecule has 0 radical (unpaired) electrons. The molecule has 3 rings (SSSR count). The second kappa shape index (κ2) is 12.2. The Hall–Kier alpha value is -3.80. The molecule has 0 unspecified atom stereocenters. The van der Waals surface area contributed by atoms with E-state index in [2.05, 4.69) is 15.8 Å². The minimum atomic E-state index is -0.408. The van der Waals surface area contributed by atoms with E-state index in [1.54, 1.807) is 6.21 Å². The minimum Gasteiger partial charge on any atom is -0.494 e. The highest BCUT2D eigenvalue weighted by Gasteiger charge is 2.15. The lowest BCUT2D eigenvalue weighted by atomic mass is 10.2. The molecule has 6 nitrogen and oxygen atoms in total. The van der Waals surface area contributed by atoms with Crippen molar-refractivity contribution in [2.45, 2.75) is 32.9 Å². The predicted molar refractivity (Wildman–Crippen MR) is 128 cm³/mol. The van der Waals surface area contributed by atoms with Crippen molar-refractivity contribution in [3.05, 3.63) is 90.0 Å². The number of hydrogen-bond donors (Lipinski definition) is 2. The van der Waals surface area contributed by atoms with Crippen molar-refractivity contribution in [1.29, 1.82) is 0 Å². The standard InChI is InChI=1S/C26H29N3O3/c1-3-24(28-22-14-16-23(17-15-22)31-4-2)26(30)29-27-18-21-12-8-9-13-25(21)32-19-20-10-6-5-7-11-20/h5-18,24,28H,3-4,19H2,1-2H3,(H,29,30)/b27-18-/t24-/m1/s1. The summed E-state index contributed by atoms with van der Waals surface area (Å²) < 4.78 is 11.4. The van der Waals surface area contributed by atoms with Gasteiger partial charge >= 0.3 is 0 Å². The summed E-state index contributed by atoms with van der Waals surface area (Å²) in [5, 5.41) is 7.37. The van der Waals surface area contributed by atoms with Crippen LogP contribution in [-0.4, -0.2) is 24.8 Å². The Kier molecular flexibility index (Phi) is 8.69. The van der Waals surface area contributed by atoms with E-state index in [0.29, 0.717) is 25.4 Å². The van der Waals surface area contributed by atoms with Crippen LogP contribution in [0, 0.1) is 0 Å². The minimum absolute atomic E-state index is 0.208. The monoisotopic (exact) mass is 431 g/mol. The molecule has 0 aliphatic carbocycles. The number of hydrazone groups is 1. The van der Waals surface area contributed by atoms with E-state index < -0.39 is 6.04 Å². The Morgan fingerprint density at radius 1 is 0.938 bits per heavy atom. The highest BCUT2D eigenvalue weighted by molar-refractivity contribution is 5.88. The van der Waals surface area contributed by atoms with Gasteiger partial charge in [-0.15, -0.1) is 0 Å². The maximum atomic E-state index is 12.6. The average molecular weight is 432 g/mol. The number of para-hydroxylation sites is 1. The first kappa shape index (κ1) is 22.9. The number of anilines is 1. The summed E-state index contributed by atoms with van der Waals surface area (Å²) in [5.74, 6) is 1.29. The summed E-state index contributed by atoms with van der Waals surface area (Å²) >= 11 is 0. The van der Waals surface area contributed by atoms with E-state index >= 15 is 0 Å². The third-order valence-corrected chi connectivity index (χ3v) is 4.77. The molecular formula is C26H29N3O3. The van der Waals surface area contributed by atoms with Crippen LogP contribution in [0.5, 0.6) is 11.5 Å². The largest absolute Gasteiger partial charge is 0.494 e. The van der Waals surface area contributed by atoms with Gasteiger partial charge in [0.05, 0.1) is 12.8 Å². The molecule has 0 aliphatic heterocycles. The van der Waals surface area contributed by atoms with Crippen molar-refractivity contribution in [2.75, 3.05) is 11.9 Å². The Balaban J connectivity index is 1.56. The Labute approximate surface area is 189 Å². The molecule has 3 aromatic carbocycles. The summed E-state index contributed by atoms with van der Waals surface area (Å²) in [7, 11) is 0. The molecule has 0 saturated heterocycles. The van der Waals surface area contributed by atoms with Crippen LogP contribution in [0.3, 0.4) is 0 Å². The molecule has 0 bridgehead atoms. The number of amides is 1. The second-order valence-electron chi connectivity index (χ2n) is 7.11. The second-order valence-corrected chi connectivity index (χ2v) is 7.11. The third kappa shape index (κ3) is 6.87. The van der Waals surface area contributed by atoms with Crippen molar-refractivity contribution in [3.8, 4) is 11.5 Å². The van der Waals surface area contributed by atoms with Crippen molar-refractivity contribution in [3.63, 3.8) is 0 Å². The van der Waals surface area contributed by atoms with Gasteiger partial charge in [-0.05, 0) is 55.3 Å². The third-order valence-electron chi connectivity index (χ3n) is 4.77. The highest BCUT2D eigenvalue weighted by atomic mass is 16.5. The molecule has 0 fully saturated rings. The SMILES string of the molecule is CCOc1ccc(N[C@H](CC)C(=O)N/N=C\c2ccccc2OCc2ccccc2)cc1. The van der Waals surface area contributed by atoms with E-state index in [-0.39, 0.29) is 5.91 Å². The topological polar surface area (TPSA) is 72.0 Å². The van der Waals surface area contributed by atoms with Gasteiger partial charge in [0, 0.05) is 11.3 Å². The van der Waals surface area contributed by atoms with Crippen LogP contribution in [0.1, 0.15) is 31.4 Å². The summed E-state index contributed by atoms with van der Waals surface area (Å²) in [5.41, 5.74) is 5.34. The fourth-order valence-corrected chi connectivity index (χ4v) is 3.07. The van der Waals surface area contributed by atoms with Crippen molar-refractivity contribution < 1.29 is 14.3 Å². The van der Waals surface area contributed by atoms with Crippen molar-refractivity contribution in [2.24, 2.45) is 5.10 Å². The maximum Gasteiger partial charge on any atom is 0.262 e. The molecule has 1 amide bonds. The van der Waals surface area contributed by atoms with Crippen LogP contribution in [-0.2, 0) is 11.4 Å². The zero-order valence-electron chi connectivity index (χ0n) is 18.5. The van der Waals surface area contributed by atoms with Gasteiger partial charge in [-0.25, -0.2) is 5.43 Å². The van der Waals surface area contributed by atoms with E-state index in [0.717, 1.165) is 22.6 Å². The molecule has 3 aromatic rings. The van der Waals surface area contributed by atoms with Gasteiger partial charge in [-0.3, -0.25) is 4.79 Å². The van der Waals surface area contributed by atoms with Gasteiger partial charge in [-0.2, -0.15) is 5.10 Å². The van der Waals surface area contributed by atoms with Gasteiger partial charge in [0.25, 0.3) is 5.91 Å². The van der Waals surface area contributed by atoms with Crippen LogP contribution >= 0.6 is 0 Å². The molecule has 32 heavy (non-hydrogen) atoms. The average Bonchev–Trinajstić information content (AvgIpc) is 2.83. The maximum absolute atomic E-state index is 12.6. The first-order valence-electron chi connectivity index (χ1n) is 10.8. The molecule has 166 valence electrons. The lowest BCUT2D eigenvalue weighted by Crippen LogP contribution is -2.36. The zero-order chi connectivity index (χ0) is 22.6. The van der Waals surface area contributed by atoms with Crippen LogP contribution in [0.2, 0.25) is 0 Å². The first-order chi connectivity index (χ1) is 15.7. The van der Waals surface area contributed by atoms with E-state index in [1.165, 1.54) is 0 Å². The van der Waals surface area contributed by atoms with Crippen LogP contribution < -0.4 is 20.2 Å². The molecule has 0 saturated carbocycles. The number of carbonyl (C=O) groups is 1. The summed E-state index contributed by atoms with van der Waals surface area (Å²) in [4.78, 5) is 12.6. The van der Waals surface area contributed by atoms with Crippen molar-refractivity contribution >= 4 is 17.8 Å². The molecule has 6 heteroatoms. The normalized spacial score (nSPS) is 11.7. The zero-order valence-corrected chi connectivity index (χ0v) is 18.5. The molecule has 2 N–H and O–H groups in total.